The number of carbonyl (C=O) groups is 1. The Hall–Kier alpha value is -2.32. The van der Waals surface area contributed by atoms with Crippen LogP contribution in [0.3, 0.4) is 0 Å². The van der Waals surface area contributed by atoms with Crippen molar-refractivity contribution in [1.82, 2.24) is 19.6 Å². The van der Waals surface area contributed by atoms with Crippen LogP contribution in [0.4, 0.5) is 18.9 Å². The van der Waals surface area contributed by atoms with E-state index in [4.69, 9.17) is 0 Å². The van der Waals surface area contributed by atoms with Gasteiger partial charge in [0.05, 0.1) is 17.6 Å². The number of nitrogens with zero attached hydrogens (tertiary/aromatic N) is 4. The summed E-state index contributed by atoms with van der Waals surface area (Å²) in [5, 5.41) is 9.98. The van der Waals surface area contributed by atoms with Crippen LogP contribution >= 0.6 is 0 Å². The number of carbonyl (C=O) groups excluding carboxylic acids is 1. The first-order valence-electron chi connectivity index (χ1n) is 6.24. The van der Waals surface area contributed by atoms with Crippen molar-refractivity contribution >= 4 is 11.6 Å². The SMILES string of the molecule is CCn1ncc(NC(=O)Cn2ccc(C(F)(F)F)n2)c1C. The van der Waals surface area contributed by atoms with Gasteiger partial charge in [0.2, 0.25) is 5.91 Å². The zero-order valence-corrected chi connectivity index (χ0v) is 11.5. The van der Waals surface area contributed by atoms with Crippen molar-refractivity contribution in [1.29, 1.82) is 0 Å². The third kappa shape index (κ3) is 3.41. The Labute approximate surface area is 118 Å². The van der Waals surface area contributed by atoms with Crippen LogP contribution in [0.1, 0.15) is 18.3 Å². The number of amides is 1. The van der Waals surface area contributed by atoms with Gasteiger partial charge in [0.1, 0.15) is 6.54 Å². The van der Waals surface area contributed by atoms with Crippen molar-refractivity contribution in [3.63, 3.8) is 0 Å². The summed E-state index contributed by atoms with van der Waals surface area (Å²) in [6.45, 7) is 4.07. The van der Waals surface area contributed by atoms with Gasteiger partial charge in [-0.1, -0.05) is 0 Å². The molecule has 6 nitrogen and oxygen atoms in total. The zero-order chi connectivity index (χ0) is 15.6. The number of anilines is 1. The number of hydrogen-bond acceptors (Lipinski definition) is 3. The molecule has 2 heterocycles. The third-order valence-electron chi connectivity index (χ3n) is 2.91. The number of nitrogens with one attached hydrogen (secondary N) is 1. The Morgan fingerprint density at radius 1 is 1.43 bits per heavy atom. The molecule has 9 heteroatoms. The van der Waals surface area contributed by atoms with Crippen LogP contribution in [0.5, 0.6) is 0 Å². The van der Waals surface area contributed by atoms with E-state index < -0.39 is 17.8 Å². The van der Waals surface area contributed by atoms with E-state index in [2.05, 4.69) is 15.5 Å². The van der Waals surface area contributed by atoms with E-state index in [1.165, 1.54) is 6.20 Å². The Kier molecular flexibility index (Phi) is 4.01. The number of halogens is 3. The molecule has 0 bridgehead atoms. The topological polar surface area (TPSA) is 64.7 Å². The molecule has 0 aliphatic heterocycles. The summed E-state index contributed by atoms with van der Waals surface area (Å²) in [7, 11) is 0. The van der Waals surface area contributed by atoms with Gasteiger partial charge in [0.15, 0.2) is 5.69 Å². The molecule has 1 amide bonds. The minimum atomic E-state index is -4.51. The molecule has 0 radical (unpaired) electrons. The molecule has 0 spiro atoms. The summed E-state index contributed by atoms with van der Waals surface area (Å²) in [4.78, 5) is 11.8. The standard InChI is InChI=1S/C12H14F3N5O/c1-3-20-8(2)9(6-16-20)17-11(21)7-19-5-4-10(18-19)12(13,14)15/h4-6H,3,7H2,1-2H3,(H,17,21). The average Bonchev–Trinajstić information content (AvgIpc) is 2.97. The van der Waals surface area contributed by atoms with Crippen LogP contribution < -0.4 is 5.32 Å². The number of aryl methyl sites for hydroxylation is 1. The van der Waals surface area contributed by atoms with Gasteiger partial charge >= 0.3 is 6.18 Å². The molecule has 1 N–H and O–H groups in total. The van der Waals surface area contributed by atoms with Crippen molar-refractivity contribution in [2.75, 3.05) is 5.32 Å². The molecule has 0 aromatic carbocycles. The largest absolute Gasteiger partial charge is 0.435 e. The van der Waals surface area contributed by atoms with E-state index in [-0.39, 0.29) is 6.54 Å². The summed E-state index contributed by atoms with van der Waals surface area (Å²) in [6.07, 6.45) is -1.90. The van der Waals surface area contributed by atoms with Gasteiger partial charge in [0, 0.05) is 12.7 Å². The lowest BCUT2D eigenvalue weighted by molar-refractivity contribution is -0.141. The molecule has 21 heavy (non-hydrogen) atoms. The van der Waals surface area contributed by atoms with E-state index in [9.17, 15) is 18.0 Å². The minimum Gasteiger partial charge on any atom is -0.322 e. The summed E-state index contributed by atoms with van der Waals surface area (Å²) in [5.74, 6) is -0.467. The molecule has 0 unspecified atom stereocenters. The van der Waals surface area contributed by atoms with E-state index in [0.717, 1.165) is 22.6 Å². The van der Waals surface area contributed by atoms with Crippen LogP contribution in [-0.2, 0) is 24.1 Å². The first-order chi connectivity index (χ1) is 9.81. The molecule has 0 aliphatic rings. The van der Waals surface area contributed by atoms with E-state index >= 15 is 0 Å². The van der Waals surface area contributed by atoms with Crippen LogP contribution in [0.15, 0.2) is 18.5 Å². The molecule has 114 valence electrons. The van der Waals surface area contributed by atoms with Gasteiger partial charge in [-0.2, -0.15) is 23.4 Å². The molecule has 2 rings (SSSR count). The van der Waals surface area contributed by atoms with Gasteiger partial charge < -0.3 is 5.32 Å². The third-order valence-corrected chi connectivity index (χ3v) is 2.91. The first-order valence-corrected chi connectivity index (χ1v) is 6.24. The monoisotopic (exact) mass is 301 g/mol. The van der Waals surface area contributed by atoms with Gasteiger partial charge in [-0.15, -0.1) is 0 Å². The highest BCUT2D eigenvalue weighted by Crippen LogP contribution is 2.27. The van der Waals surface area contributed by atoms with E-state index in [1.807, 2.05) is 6.92 Å². The lowest BCUT2D eigenvalue weighted by Crippen LogP contribution is -2.20. The van der Waals surface area contributed by atoms with Crippen LogP contribution in [0.2, 0.25) is 0 Å². The van der Waals surface area contributed by atoms with Crippen LogP contribution in [0.25, 0.3) is 0 Å². The smallest absolute Gasteiger partial charge is 0.322 e. The maximum atomic E-state index is 12.4. The lowest BCUT2D eigenvalue weighted by atomic mass is 10.4. The summed E-state index contributed by atoms with van der Waals surface area (Å²) >= 11 is 0. The van der Waals surface area contributed by atoms with Crippen molar-refractivity contribution in [3.8, 4) is 0 Å². The molecule has 0 aliphatic carbocycles. The molecular formula is C12H14F3N5O. The number of rotatable bonds is 4. The van der Waals surface area contributed by atoms with Crippen molar-refractivity contribution in [3.05, 3.63) is 29.8 Å². The fourth-order valence-electron chi connectivity index (χ4n) is 1.83. The summed E-state index contributed by atoms with van der Waals surface area (Å²) < 4.78 is 39.8. The van der Waals surface area contributed by atoms with Crippen molar-refractivity contribution in [2.24, 2.45) is 0 Å². The average molecular weight is 301 g/mol. The predicted octanol–water partition coefficient (Wildman–Crippen LogP) is 2.07. The second-order valence-electron chi connectivity index (χ2n) is 4.40. The fraction of sp³-hybridized carbons (Fsp3) is 0.417. The summed E-state index contributed by atoms with van der Waals surface area (Å²) in [5.41, 5.74) is 0.289. The molecule has 0 atom stereocenters. The van der Waals surface area contributed by atoms with E-state index in [0.29, 0.717) is 12.2 Å². The highest BCUT2D eigenvalue weighted by Gasteiger charge is 2.33. The van der Waals surface area contributed by atoms with Crippen molar-refractivity contribution < 1.29 is 18.0 Å². The number of hydrogen-bond donors (Lipinski definition) is 1. The van der Waals surface area contributed by atoms with Gasteiger partial charge in [-0.25, -0.2) is 0 Å². The molecule has 0 saturated carbocycles. The molecule has 0 saturated heterocycles. The maximum absolute atomic E-state index is 12.4. The number of aromatic nitrogens is 4. The van der Waals surface area contributed by atoms with Crippen molar-refractivity contribution in [2.45, 2.75) is 33.1 Å². The second kappa shape index (κ2) is 5.58. The second-order valence-corrected chi connectivity index (χ2v) is 4.40. The van der Waals surface area contributed by atoms with Gasteiger partial charge in [-0.3, -0.25) is 14.2 Å². The summed E-state index contributed by atoms with van der Waals surface area (Å²) in [6, 6.07) is 0.827. The molecule has 0 fully saturated rings. The lowest BCUT2D eigenvalue weighted by Gasteiger charge is -2.06. The molecule has 2 aromatic rings. The maximum Gasteiger partial charge on any atom is 0.435 e. The van der Waals surface area contributed by atoms with Gasteiger partial charge in [0.25, 0.3) is 0 Å². The Morgan fingerprint density at radius 3 is 2.67 bits per heavy atom. The normalized spacial score (nSPS) is 11.7. The fourth-order valence-corrected chi connectivity index (χ4v) is 1.83. The Morgan fingerprint density at radius 2 is 2.14 bits per heavy atom. The Balaban J connectivity index is 2.01. The molecule has 2 aromatic heterocycles. The van der Waals surface area contributed by atoms with Crippen LogP contribution in [0, 0.1) is 6.92 Å². The van der Waals surface area contributed by atoms with Crippen LogP contribution in [-0.4, -0.2) is 25.5 Å². The highest BCUT2D eigenvalue weighted by atomic mass is 19.4. The number of alkyl halides is 3. The predicted molar refractivity (Wildman–Crippen MR) is 68.5 cm³/mol. The first kappa shape index (κ1) is 15.1. The quantitative estimate of drug-likeness (QED) is 0.940. The van der Waals surface area contributed by atoms with Gasteiger partial charge in [-0.05, 0) is 19.9 Å². The zero-order valence-electron chi connectivity index (χ0n) is 11.5. The Bertz CT molecular complexity index is 644. The molecular weight excluding hydrogens is 287 g/mol. The highest BCUT2D eigenvalue weighted by molar-refractivity contribution is 5.90. The minimum absolute atomic E-state index is 0.299. The van der Waals surface area contributed by atoms with E-state index in [1.54, 1.807) is 11.6 Å².